The Morgan fingerprint density at radius 2 is 2.00 bits per heavy atom. The third kappa shape index (κ3) is 5.00. The minimum absolute atomic E-state index is 0.0111. The lowest BCUT2D eigenvalue weighted by Crippen LogP contribution is -2.33. The number of rotatable bonds is 5. The number of ether oxygens (including phenoxy) is 2. The van der Waals surface area contributed by atoms with Crippen LogP contribution in [0.2, 0.25) is 0 Å². The molecule has 0 aromatic heterocycles. The molecule has 2 aliphatic rings. The first-order chi connectivity index (χ1) is 16.2. The Hall–Kier alpha value is -3.57. The molecule has 1 heterocycles. The summed E-state index contributed by atoms with van der Waals surface area (Å²) in [4.78, 5) is 25.4. The minimum atomic E-state index is -0.641. The Labute approximate surface area is 206 Å². The number of nitrogens with one attached hydrogen (secondary N) is 1. The number of nitriles is 1. The Morgan fingerprint density at radius 1 is 1.26 bits per heavy atom. The first-order valence-corrected chi connectivity index (χ1v) is 11.6. The van der Waals surface area contributed by atoms with E-state index in [4.69, 9.17) is 15.2 Å². The van der Waals surface area contributed by atoms with Gasteiger partial charge in [-0.3, -0.25) is 9.59 Å². The lowest BCUT2D eigenvalue weighted by Gasteiger charge is -2.37. The first kappa shape index (κ1) is 23.6. The molecule has 0 saturated carbocycles. The van der Waals surface area contributed by atoms with E-state index in [1.807, 2.05) is 32.0 Å². The summed E-state index contributed by atoms with van der Waals surface area (Å²) in [6.45, 7) is 3.80. The topological polar surface area (TPSA) is 114 Å². The van der Waals surface area contributed by atoms with Gasteiger partial charge in [-0.25, -0.2) is 0 Å². The van der Waals surface area contributed by atoms with E-state index in [0.717, 1.165) is 4.47 Å². The summed E-state index contributed by atoms with van der Waals surface area (Å²) in [5.74, 6) is -0.0408. The van der Waals surface area contributed by atoms with Gasteiger partial charge in [0.05, 0.1) is 5.92 Å². The third-order valence-electron chi connectivity index (χ3n) is 5.76. The Morgan fingerprint density at radius 3 is 2.71 bits per heavy atom. The number of carbonyl (C=O) groups excluding carboxylic acids is 2. The number of benzene rings is 2. The molecule has 1 unspecified atom stereocenters. The Balaban J connectivity index is 1.56. The van der Waals surface area contributed by atoms with Crippen LogP contribution in [-0.4, -0.2) is 18.3 Å². The van der Waals surface area contributed by atoms with Crippen molar-refractivity contribution in [2.75, 3.05) is 11.9 Å². The molecule has 2 aromatic rings. The number of hydrogen-bond donors (Lipinski definition) is 2. The minimum Gasteiger partial charge on any atom is -0.484 e. The maximum absolute atomic E-state index is 13.1. The fourth-order valence-corrected chi connectivity index (χ4v) is 4.55. The van der Waals surface area contributed by atoms with Gasteiger partial charge in [-0.1, -0.05) is 41.9 Å². The van der Waals surface area contributed by atoms with Crippen molar-refractivity contribution in [1.82, 2.24) is 0 Å². The van der Waals surface area contributed by atoms with Crippen LogP contribution in [0.4, 0.5) is 5.69 Å². The third-order valence-corrected chi connectivity index (χ3v) is 6.29. The second-order valence-corrected chi connectivity index (χ2v) is 10.0. The van der Waals surface area contributed by atoms with Crippen molar-refractivity contribution in [1.29, 1.82) is 5.26 Å². The van der Waals surface area contributed by atoms with E-state index in [1.54, 1.807) is 30.3 Å². The smallest absolute Gasteiger partial charge is 0.262 e. The molecule has 1 atom stereocenters. The van der Waals surface area contributed by atoms with Crippen LogP contribution >= 0.6 is 15.9 Å². The van der Waals surface area contributed by atoms with Crippen LogP contribution in [0.1, 0.15) is 38.2 Å². The highest BCUT2D eigenvalue weighted by Gasteiger charge is 2.43. The SMILES string of the molecule is CC1(C)CC(=O)C2=C(C1)OC(N)=C(C#N)C2c1cccc(OCC(=O)Nc2ccc(Br)cc2)c1. The summed E-state index contributed by atoms with van der Waals surface area (Å²) in [5.41, 5.74) is 7.82. The van der Waals surface area contributed by atoms with Gasteiger partial charge in [-0.2, -0.15) is 5.26 Å². The molecule has 0 fully saturated rings. The predicted molar refractivity (Wildman–Crippen MR) is 130 cm³/mol. The van der Waals surface area contributed by atoms with Crippen molar-refractivity contribution < 1.29 is 19.1 Å². The average Bonchev–Trinajstić information content (AvgIpc) is 2.77. The highest BCUT2D eigenvalue weighted by atomic mass is 79.9. The molecule has 4 rings (SSSR count). The van der Waals surface area contributed by atoms with Gasteiger partial charge in [0.1, 0.15) is 23.2 Å². The monoisotopic (exact) mass is 521 g/mol. The summed E-state index contributed by atoms with van der Waals surface area (Å²) in [5, 5.41) is 12.6. The van der Waals surface area contributed by atoms with Crippen molar-refractivity contribution in [3.63, 3.8) is 0 Å². The molecule has 0 spiro atoms. The van der Waals surface area contributed by atoms with Gasteiger partial charge in [0.25, 0.3) is 5.91 Å². The molecule has 7 nitrogen and oxygen atoms in total. The van der Waals surface area contributed by atoms with Crippen molar-refractivity contribution in [3.8, 4) is 11.8 Å². The quantitative estimate of drug-likeness (QED) is 0.577. The molecule has 0 bridgehead atoms. The zero-order chi connectivity index (χ0) is 24.5. The number of nitrogens with zero attached hydrogens (tertiary/aromatic N) is 1. The fourth-order valence-electron chi connectivity index (χ4n) is 4.28. The van der Waals surface area contributed by atoms with E-state index >= 15 is 0 Å². The molecule has 3 N–H and O–H groups in total. The summed E-state index contributed by atoms with van der Waals surface area (Å²) in [6, 6.07) is 16.3. The molecule has 0 saturated heterocycles. The molecular weight excluding hydrogens is 498 g/mol. The number of anilines is 1. The molecule has 0 radical (unpaired) electrons. The standard InChI is InChI=1S/C26H24BrN3O4/c1-26(2)11-20(31)24-21(12-26)34-25(29)19(13-28)23(24)15-4-3-5-18(10-15)33-14-22(32)30-17-8-6-16(27)7-9-17/h3-10,23H,11-12,14,29H2,1-2H3,(H,30,32). The number of allylic oxidation sites excluding steroid dienone is 3. The largest absolute Gasteiger partial charge is 0.484 e. The van der Waals surface area contributed by atoms with Crippen molar-refractivity contribution in [2.45, 2.75) is 32.6 Å². The molecule has 174 valence electrons. The normalized spacial score (nSPS) is 19.1. The number of hydrogen-bond acceptors (Lipinski definition) is 6. The number of halogens is 1. The average molecular weight is 522 g/mol. The van der Waals surface area contributed by atoms with Crippen LogP contribution in [0.5, 0.6) is 5.75 Å². The van der Waals surface area contributed by atoms with Gasteiger partial charge in [-0.15, -0.1) is 0 Å². The van der Waals surface area contributed by atoms with Gasteiger partial charge >= 0.3 is 0 Å². The van der Waals surface area contributed by atoms with Crippen LogP contribution in [0.3, 0.4) is 0 Å². The lowest BCUT2D eigenvalue weighted by atomic mass is 9.70. The second-order valence-electron chi connectivity index (χ2n) is 9.12. The number of Topliss-reactive ketones (excluding diaryl/α,β-unsaturated/α-hetero) is 1. The number of carbonyl (C=O) groups is 2. The molecule has 34 heavy (non-hydrogen) atoms. The number of nitrogens with two attached hydrogens (primary N) is 1. The Kier molecular flexibility index (Phi) is 6.49. The molecule has 1 aliphatic carbocycles. The summed E-state index contributed by atoms with van der Waals surface area (Å²) >= 11 is 3.36. The van der Waals surface area contributed by atoms with E-state index in [2.05, 4.69) is 27.3 Å². The maximum Gasteiger partial charge on any atom is 0.262 e. The van der Waals surface area contributed by atoms with E-state index in [9.17, 15) is 14.9 Å². The fraction of sp³-hybridized carbons (Fsp3) is 0.269. The maximum atomic E-state index is 13.1. The van der Waals surface area contributed by atoms with E-state index in [1.165, 1.54) is 0 Å². The zero-order valence-electron chi connectivity index (χ0n) is 18.9. The molecule has 1 aliphatic heterocycles. The van der Waals surface area contributed by atoms with E-state index < -0.39 is 5.92 Å². The first-order valence-electron chi connectivity index (χ1n) is 10.8. The number of amides is 1. The van der Waals surface area contributed by atoms with Crippen LogP contribution in [-0.2, 0) is 14.3 Å². The van der Waals surface area contributed by atoms with Crippen LogP contribution in [0, 0.1) is 16.7 Å². The van der Waals surface area contributed by atoms with E-state index in [-0.39, 0.29) is 35.2 Å². The van der Waals surface area contributed by atoms with Crippen molar-refractivity contribution >= 4 is 33.3 Å². The van der Waals surface area contributed by atoms with Crippen LogP contribution in [0.15, 0.2) is 75.8 Å². The summed E-state index contributed by atoms with van der Waals surface area (Å²) in [7, 11) is 0. The highest BCUT2D eigenvalue weighted by molar-refractivity contribution is 9.10. The predicted octanol–water partition coefficient (Wildman–Crippen LogP) is 4.92. The van der Waals surface area contributed by atoms with Gasteiger partial charge in [-0.05, 0) is 47.4 Å². The van der Waals surface area contributed by atoms with Crippen LogP contribution in [0.25, 0.3) is 0 Å². The molecular formula is C26H24BrN3O4. The van der Waals surface area contributed by atoms with Crippen molar-refractivity contribution in [2.24, 2.45) is 11.1 Å². The second kappa shape index (κ2) is 9.35. The van der Waals surface area contributed by atoms with Gasteiger partial charge in [0.2, 0.25) is 5.88 Å². The summed E-state index contributed by atoms with van der Waals surface area (Å²) in [6.07, 6.45) is 0.910. The van der Waals surface area contributed by atoms with Gasteiger partial charge in [0.15, 0.2) is 12.4 Å². The molecule has 2 aromatic carbocycles. The van der Waals surface area contributed by atoms with E-state index in [0.29, 0.717) is 41.2 Å². The summed E-state index contributed by atoms with van der Waals surface area (Å²) < 4.78 is 12.3. The molecule has 1 amide bonds. The number of ketones is 1. The lowest BCUT2D eigenvalue weighted by molar-refractivity contribution is -0.119. The molecule has 8 heteroatoms. The highest BCUT2D eigenvalue weighted by Crippen LogP contribution is 2.48. The zero-order valence-corrected chi connectivity index (χ0v) is 20.4. The van der Waals surface area contributed by atoms with Gasteiger partial charge in [0, 0.05) is 28.6 Å². The van der Waals surface area contributed by atoms with Gasteiger partial charge < -0.3 is 20.5 Å². The van der Waals surface area contributed by atoms with Crippen LogP contribution < -0.4 is 15.8 Å². The van der Waals surface area contributed by atoms with Crippen molar-refractivity contribution in [3.05, 3.63) is 81.4 Å². The Bertz CT molecular complexity index is 1260.